The number of amidine groups is 1. The van der Waals surface area contributed by atoms with Gasteiger partial charge in [-0.3, -0.25) is 0 Å². The van der Waals surface area contributed by atoms with Crippen LogP contribution < -0.4 is 5.73 Å². The van der Waals surface area contributed by atoms with Crippen molar-refractivity contribution in [2.75, 3.05) is 0 Å². The van der Waals surface area contributed by atoms with Crippen LogP contribution in [-0.4, -0.2) is 21.2 Å². The lowest BCUT2D eigenvalue weighted by Gasteiger charge is -2.05. The molecule has 1 heterocycles. The number of hydrogen-bond acceptors (Lipinski definition) is 5. The SMILES string of the molecule is N/C(=N/O)c1ccnnc1Sc1ccc(F)cc1. The van der Waals surface area contributed by atoms with Crippen molar-refractivity contribution in [3.63, 3.8) is 0 Å². The molecule has 1 aromatic carbocycles. The van der Waals surface area contributed by atoms with Crippen molar-refractivity contribution < 1.29 is 9.60 Å². The van der Waals surface area contributed by atoms with Crippen molar-refractivity contribution in [1.82, 2.24) is 10.2 Å². The molecule has 2 rings (SSSR count). The molecular formula is C11H9FN4OS. The van der Waals surface area contributed by atoms with E-state index in [1.165, 1.54) is 30.1 Å². The van der Waals surface area contributed by atoms with Gasteiger partial charge in [0.25, 0.3) is 0 Å². The van der Waals surface area contributed by atoms with Crippen LogP contribution in [0.4, 0.5) is 4.39 Å². The normalized spacial score (nSPS) is 11.5. The van der Waals surface area contributed by atoms with Gasteiger partial charge in [0.05, 0.1) is 11.8 Å². The Bertz CT molecular complexity index is 574. The van der Waals surface area contributed by atoms with Crippen LogP contribution in [0.1, 0.15) is 5.56 Å². The Labute approximate surface area is 107 Å². The van der Waals surface area contributed by atoms with E-state index in [0.29, 0.717) is 10.6 Å². The summed E-state index contributed by atoms with van der Waals surface area (Å²) in [5, 5.41) is 19.7. The van der Waals surface area contributed by atoms with Gasteiger partial charge in [0.2, 0.25) is 0 Å². The summed E-state index contributed by atoms with van der Waals surface area (Å²) in [5.74, 6) is -0.357. The fourth-order valence-electron chi connectivity index (χ4n) is 1.26. The summed E-state index contributed by atoms with van der Waals surface area (Å²) >= 11 is 1.25. The first-order valence-corrected chi connectivity index (χ1v) is 5.75. The second kappa shape index (κ2) is 5.46. The molecule has 7 heteroatoms. The maximum atomic E-state index is 12.8. The maximum Gasteiger partial charge on any atom is 0.172 e. The highest BCUT2D eigenvalue weighted by molar-refractivity contribution is 7.99. The van der Waals surface area contributed by atoms with E-state index in [-0.39, 0.29) is 11.7 Å². The second-order valence-corrected chi connectivity index (χ2v) is 4.35. The highest BCUT2D eigenvalue weighted by atomic mass is 32.2. The predicted molar refractivity (Wildman–Crippen MR) is 65.1 cm³/mol. The molecule has 3 N–H and O–H groups in total. The third kappa shape index (κ3) is 2.75. The summed E-state index contributed by atoms with van der Waals surface area (Å²) < 4.78 is 12.8. The predicted octanol–water partition coefficient (Wildman–Crippen LogP) is 1.86. The van der Waals surface area contributed by atoms with Gasteiger partial charge < -0.3 is 10.9 Å². The first kappa shape index (κ1) is 12.3. The van der Waals surface area contributed by atoms with Gasteiger partial charge in [-0.15, -0.1) is 5.10 Å². The molecule has 92 valence electrons. The molecule has 0 saturated heterocycles. The average Bonchev–Trinajstić information content (AvgIpc) is 2.41. The summed E-state index contributed by atoms with van der Waals surface area (Å²) in [5.41, 5.74) is 6.01. The lowest BCUT2D eigenvalue weighted by Crippen LogP contribution is -2.15. The molecular weight excluding hydrogens is 255 g/mol. The molecule has 0 radical (unpaired) electrons. The van der Waals surface area contributed by atoms with E-state index in [1.54, 1.807) is 18.2 Å². The van der Waals surface area contributed by atoms with Crippen molar-refractivity contribution >= 4 is 17.6 Å². The summed E-state index contributed by atoms with van der Waals surface area (Å²) in [6.45, 7) is 0. The van der Waals surface area contributed by atoms with E-state index in [1.807, 2.05) is 0 Å². The third-order valence-electron chi connectivity index (χ3n) is 2.10. The first-order chi connectivity index (χ1) is 8.70. The minimum Gasteiger partial charge on any atom is -0.409 e. The zero-order chi connectivity index (χ0) is 13.0. The third-order valence-corrected chi connectivity index (χ3v) is 3.10. The van der Waals surface area contributed by atoms with Crippen molar-refractivity contribution in [3.05, 3.63) is 47.9 Å². The Morgan fingerprint density at radius 2 is 2.00 bits per heavy atom. The highest BCUT2D eigenvalue weighted by Crippen LogP contribution is 2.28. The van der Waals surface area contributed by atoms with Gasteiger partial charge in [0.1, 0.15) is 10.8 Å². The van der Waals surface area contributed by atoms with E-state index in [9.17, 15) is 4.39 Å². The molecule has 0 atom stereocenters. The van der Waals surface area contributed by atoms with Crippen LogP contribution in [0.2, 0.25) is 0 Å². The van der Waals surface area contributed by atoms with Gasteiger partial charge in [-0.25, -0.2) is 4.39 Å². The molecule has 18 heavy (non-hydrogen) atoms. The van der Waals surface area contributed by atoms with Gasteiger partial charge in [0, 0.05) is 4.90 Å². The lowest BCUT2D eigenvalue weighted by molar-refractivity contribution is 0.318. The fourth-order valence-corrected chi connectivity index (χ4v) is 2.12. The van der Waals surface area contributed by atoms with Crippen LogP contribution >= 0.6 is 11.8 Å². The van der Waals surface area contributed by atoms with E-state index in [4.69, 9.17) is 10.9 Å². The van der Waals surface area contributed by atoms with Crippen LogP contribution in [0.25, 0.3) is 0 Å². The number of nitrogens with zero attached hydrogens (tertiary/aromatic N) is 3. The van der Waals surface area contributed by atoms with Crippen molar-refractivity contribution in [3.8, 4) is 0 Å². The number of rotatable bonds is 3. The van der Waals surface area contributed by atoms with Gasteiger partial charge in [-0.05, 0) is 30.3 Å². The zero-order valence-corrected chi connectivity index (χ0v) is 9.93. The topological polar surface area (TPSA) is 84.4 Å². The summed E-state index contributed by atoms with van der Waals surface area (Å²) in [6, 6.07) is 7.52. The lowest BCUT2D eigenvalue weighted by atomic mass is 10.3. The molecule has 0 spiro atoms. The van der Waals surface area contributed by atoms with Gasteiger partial charge >= 0.3 is 0 Å². The zero-order valence-electron chi connectivity index (χ0n) is 9.12. The molecule has 2 aromatic rings. The largest absolute Gasteiger partial charge is 0.409 e. The number of hydrogen-bond donors (Lipinski definition) is 2. The minimum atomic E-state index is -0.310. The Morgan fingerprint density at radius 1 is 1.28 bits per heavy atom. The van der Waals surface area contributed by atoms with E-state index in [0.717, 1.165) is 4.90 Å². The Morgan fingerprint density at radius 3 is 2.67 bits per heavy atom. The van der Waals surface area contributed by atoms with Gasteiger partial charge in [0.15, 0.2) is 5.84 Å². The van der Waals surface area contributed by atoms with E-state index >= 15 is 0 Å². The summed E-state index contributed by atoms with van der Waals surface area (Å²) in [7, 11) is 0. The molecule has 0 amide bonds. The van der Waals surface area contributed by atoms with E-state index < -0.39 is 0 Å². The molecule has 1 aromatic heterocycles. The van der Waals surface area contributed by atoms with Crippen molar-refractivity contribution in [2.45, 2.75) is 9.92 Å². The number of aromatic nitrogens is 2. The smallest absolute Gasteiger partial charge is 0.172 e. The molecule has 0 saturated carbocycles. The van der Waals surface area contributed by atoms with Gasteiger partial charge in [-0.1, -0.05) is 16.9 Å². The van der Waals surface area contributed by atoms with Crippen molar-refractivity contribution in [2.24, 2.45) is 10.9 Å². The molecule has 0 aliphatic rings. The Kier molecular flexibility index (Phi) is 3.73. The number of nitrogens with two attached hydrogens (primary N) is 1. The molecule has 0 aliphatic heterocycles. The fraction of sp³-hybridized carbons (Fsp3) is 0. The first-order valence-electron chi connectivity index (χ1n) is 4.93. The van der Waals surface area contributed by atoms with E-state index in [2.05, 4.69) is 15.4 Å². The number of benzene rings is 1. The maximum absolute atomic E-state index is 12.8. The minimum absolute atomic E-state index is 0.0467. The highest BCUT2D eigenvalue weighted by Gasteiger charge is 2.10. The summed E-state index contributed by atoms with van der Waals surface area (Å²) in [4.78, 5) is 0.781. The quantitative estimate of drug-likeness (QED) is 0.382. The molecule has 0 unspecified atom stereocenters. The second-order valence-electron chi connectivity index (χ2n) is 3.29. The molecule has 0 fully saturated rings. The molecule has 0 aliphatic carbocycles. The Balaban J connectivity index is 2.32. The summed E-state index contributed by atoms with van der Waals surface area (Å²) in [6.07, 6.45) is 1.45. The Hall–Kier alpha value is -2.15. The van der Waals surface area contributed by atoms with Crippen LogP contribution in [-0.2, 0) is 0 Å². The van der Waals surface area contributed by atoms with Crippen LogP contribution in [0.15, 0.2) is 51.6 Å². The van der Waals surface area contributed by atoms with Crippen LogP contribution in [0.3, 0.4) is 0 Å². The monoisotopic (exact) mass is 264 g/mol. The average molecular weight is 264 g/mol. The number of oxime groups is 1. The number of halogens is 1. The molecule has 5 nitrogen and oxygen atoms in total. The molecule has 0 bridgehead atoms. The van der Waals surface area contributed by atoms with Crippen LogP contribution in [0.5, 0.6) is 0 Å². The standard InChI is InChI=1S/C11H9FN4OS/c12-7-1-3-8(4-2-7)18-11-9(10(13)16-17)5-6-14-15-11/h1-6,17H,(H2,13,16). The van der Waals surface area contributed by atoms with Gasteiger partial charge in [-0.2, -0.15) is 5.10 Å². The van der Waals surface area contributed by atoms with Crippen molar-refractivity contribution in [1.29, 1.82) is 0 Å². The van der Waals surface area contributed by atoms with Crippen LogP contribution in [0, 0.1) is 5.82 Å².